The lowest BCUT2D eigenvalue weighted by Crippen LogP contribution is -2.06. The van der Waals surface area contributed by atoms with E-state index in [0.29, 0.717) is 12.2 Å². The lowest BCUT2D eigenvalue weighted by molar-refractivity contribution is 0.0698. The van der Waals surface area contributed by atoms with Crippen molar-refractivity contribution < 1.29 is 9.90 Å². The Morgan fingerprint density at radius 1 is 1.05 bits per heavy atom. The van der Waals surface area contributed by atoms with E-state index in [2.05, 4.69) is 10.3 Å². The number of hydrogen-bond donors (Lipinski definition) is 2. The minimum atomic E-state index is -0.928. The van der Waals surface area contributed by atoms with Gasteiger partial charge in [0.25, 0.3) is 0 Å². The number of carboxylic acid groups (broad SMARTS) is 1. The van der Waals surface area contributed by atoms with Crippen LogP contribution in [0.2, 0.25) is 0 Å². The topological polar surface area (TPSA) is 62.2 Å². The molecule has 0 unspecified atom stereocenters. The third-order valence-electron chi connectivity index (χ3n) is 2.39. The number of nitrogens with one attached hydrogen (secondary N) is 1. The van der Waals surface area contributed by atoms with Crippen molar-refractivity contribution in [1.29, 1.82) is 0 Å². The third kappa shape index (κ3) is 6.56. The van der Waals surface area contributed by atoms with Crippen LogP contribution < -0.4 is 5.32 Å². The molecule has 0 aliphatic carbocycles. The molecule has 2 aromatic rings. The number of carboxylic acids is 1. The average molecular weight is 288 g/mol. The van der Waals surface area contributed by atoms with E-state index in [1.165, 1.54) is 0 Å². The molecule has 4 nitrogen and oxygen atoms in total. The van der Waals surface area contributed by atoms with Gasteiger partial charge in [0.05, 0.1) is 5.56 Å². The van der Waals surface area contributed by atoms with Gasteiger partial charge < -0.3 is 10.4 Å². The molecule has 0 atom stereocenters. The van der Waals surface area contributed by atoms with Crippen LogP contribution in [0, 0.1) is 0 Å². The van der Waals surface area contributed by atoms with Gasteiger partial charge in [-0.3, -0.25) is 4.98 Å². The van der Waals surface area contributed by atoms with Crippen LogP contribution >= 0.6 is 0 Å². The number of aromatic nitrogens is 1. The summed E-state index contributed by atoms with van der Waals surface area (Å²) in [5.41, 5.74) is 1.96. The maximum Gasteiger partial charge on any atom is 0.337 e. The number of aromatic carboxylic acids is 1. The number of rotatable bonds is 4. The van der Waals surface area contributed by atoms with Crippen LogP contribution in [0.15, 0.2) is 48.8 Å². The molecule has 0 aliphatic heterocycles. The van der Waals surface area contributed by atoms with E-state index in [1.807, 2.05) is 39.8 Å². The molecule has 2 rings (SSSR count). The minimum Gasteiger partial charge on any atom is -0.478 e. The Hall–Kier alpha value is -2.36. The molecule has 1 aromatic carbocycles. The number of nitrogens with zero attached hydrogens (tertiary/aromatic N) is 1. The summed E-state index contributed by atoms with van der Waals surface area (Å²) in [6, 6.07) is 10.6. The molecule has 0 saturated carbocycles. The highest BCUT2D eigenvalue weighted by atomic mass is 16.4. The first-order valence-corrected chi connectivity index (χ1v) is 7.22. The highest BCUT2D eigenvalue weighted by Crippen LogP contribution is 2.15. The van der Waals surface area contributed by atoms with Crippen molar-refractivity contribution in [3.8, 4) is 0 Å². The predicted octanol–water partition coefficient (Wildman–Crippen LogP) is 4.44. The van der Waals surface area contributed by atoms with E-state index >= 15 is 0 Å². The second kappa shape index (κ2) is 11.5. The van der Waals surface area contributed by atoms with Crippen molar-refractivity contribution in [3.63, 3.8) is 0 Å². The van der Waals surface area contributed by atoms with Crippen molar-refractivity contribution in [2.45, 2.75) is 34.2 Å². The fourth-order valence-corrected chi connectivity index (χ4v) is 1.52. The predicted molar refractivity (Wildman–Crippen MR) is 87.7 cm³/mol. The summed E-state index contributed by atoms with van der Waals surface area (Å²) in [6.07, 6.45) is 3.42. The highest BCUT2D eigenvalue weighted by Gasteiger charge is 2.07. The molecule has 4 heteroatoms. The van der Waals surface area contributed by atoms with Gasteiger partial charge in [0.2, 0.25) is 0 Å². The Morgan fingerprint density at radius 2 is 1.62 bits per heavy atom. The molecular weight excluding hydrogens is 264 g/mol. The van der Waals surface area contributed by atoms with Crippen molar-refractivity contribution in [2.75, 3.05) is 5.32 Å². The molecule has 1 heterocycles. The van der Waals surface area contributed by atoms with Crippen LogP contribution in [0.25, 0.3) is 0 Å². The first-order valence-electron chi connectivity index (χ1n) is 7.22. The number of anilines is 1. The van der Waals surface area contributed by atoms with Gasteiger partial charge in [-0.15, -0.1) is 0 Å². The molecule has 0 bridgehead atoms. The molecule has 21 heavy (non-hydrogen) atoms. The molecule has 0 aliphatic rings. The molecule has 0 fully saturated rings. The van der Waals surface area contributed by atoms with Gasteiger partial charge in [0, 0.05) is 24.6 Å². The Balaban J connectivity index is 0.000000921. The molecular formula is C17H24N2O2. The normalized spacial score (nSPS) is 8.57. The Bertz CT molecular complexity index is 513. The number of carbonyl (C=O) groups is 1. The van der Waals surface area contributed by atoms with Gasteiger partial charge in [0.1, 0.15) is 0 Å². The van der Waals surface area contributed by atoms with E-state index < -0.39 is 5.97 Å². The van der Waals surface area contributed by atoms with E-state index in [1.54, 1.807) is 36.7 Å². The van der Waals surface area contributed by atoms with E-state index in [-0.39, 0.29) is 5.56 Å². The minimum absolute atomic E-state index is 0.279. The molecule has 114 valence electrons. The number of para-hydroxylation sites is 1. The zero-order valence-corrected chi connectivity index (χ0v) is 13.1. The molecule has 0 spiro atoms. The summed E-state index contributed by atoms with van der Waals surface area (Å²) in [7, 11) is 0. The van der Waals surface area contributed by atoms with E-state index in [0.717, 1.165) is 5.56 Å². The number of pyridine rings is 1. The van der Waals surface area contributed by atoms with Crippen molar-refractivity contribution in [2.24, 2.45) is 0 Å². The lowest BCUT2D eigenvalue weighted by Gasteiger charge is -2.09. The molecule has 0 radical (unpaired) electrons. The van der Waals surface area contributed by atoms with Gasteiger partial charge in [-0.05, 0) is 29.8 Å². The smallest absolute Gasteiger partial charge is 0.337 e. The molecule has 1 aromatic heterocycles. The van der Waals surface area contributed by atoms with Gasteiger partial charge in [0.15, 0.2) is 0 Å². The van der Waals surface area contributed by atoms with Gasteiger partial charge in [-0.2, -0.15) is 0 Å². The second-order valence-electron chi connectivity index (χ2n) is 3.56. The monoisotopic (exact) mass is 288 g/mol. The quantitative estimate of drug-likeness (QED) is 0.872. The first kappa shape index (κ1) is 18.6. The zero-order chi connectivity index (χ0) is 16.1. The second-order valence-corrected chi connectivity index (χ2v) is 3.56. The Labute approximate surface area is 126 Å². The number of hydrogen-bond acceptors (Lipinski definition) is 3. The summed E-state index contributed by atoms with van der Waals surface area (Å²) >= 11 is 0. The van der Waals surface area contributed by atoms with Crippen molar-refractivity contribution in [3.05, 3.63) is 59.9 Å². The van der Waals surface area contributed by atoms with Crippen LogP contribution in [0.4, 0.5) is 5.69 Å². The molecule has 0 saturated heterocycles. The molecule has 0 amide bonds. The Kier molecular flexibility index (Phi) is 10.2. The maximum atomic E-state index is 11.0. The van der Waals surface area contributed by atoms with Gasteiger partial charge in [-0.25, -0.2) is 4.79 Å². The summed E-state index contributed by atoms with van der Waals surface area (Å²) in [6.45, 7) is 8.58. The third-order valence-corrected chi connectivity index (χ3v) is 2.39. The van der Waals surface area contributed by atoms with Crippen molar-refractivity contribution in [1.82, 2.24) is 4.98 Å². The highest BCUT2D eigenvalue weighted by molar-refractivity contribution is 5.94. The van der Waals surface area contributed by atoms with Crippen LogP contribution in [-0.2, 0) is 6.54 Å². The summed E-state index contributed by atoms with van der Waals surface area (Å²) < 4.78 is 0. The van der Waals surface area contributed by atoms with Crippen molar-refractivity contribution >= 4 is 11.7 Å². The van der Waals surface area contributed by atoms with Crippen LogP contribution in [0.3, 0.4) is 0 Å². The summed E-state index contributed by atoms with van der Waals surface area (Å²) in [5, 5.41) is 12.1. The zero-order valence-electron chi connectivity index (χ0n) is 13.1. The lowest BCUT2D eigenvalue weighted by atomic mass is 10.1. The van der Waals surface area contributed by atoms with Crippen LogP contribution in [-0.4, -0.2) is 16.1 Å². The van der Waals surface area contributed by atoms with Gasteiger partial charge >= 0.3 is 5.97 Å². The van der Waals surface area contributed by atoms with Crippen LogP contribution in [0.5, 0.6) is 0 Å². The molecule has 2 N–H and O–H groups in total. The summed E-state index contributed by atoms with van der Waals surface area (Å²) in [4.78, 5) is 14.9. The van der Waals surface area contributed by atoms with Gasteiger partial charge in [-0.1, -0.05) is 39.8 Å². The average Bonchev–Trinajstić information content (AvgIpc) is 2.58. The largest absolute Gasteiger partial charge is 0.478 e. The number of benzene rings is 1. The van der Waals surface area contributed by atoms with E-state index in [9.17, 15) is 4.79 Å². The SMILES string of the molecule is CC.CC.O=C(O)c1ccccc1NCc1ccncc1. The standard InChI is InChI=1S/C13H12N2O2.2C2H6/c16-13(17)11-3-1-2-4-12(11)15-9-10-5-7-14-8-6-10;2*1-2/h1-8,15H,9H2,(H,16,17);2*1-2H3. The summed E-state index contributed by atoms with van der Waals surface area (Å²) in [5.74, 6) is -0.928. The fraction of sp³-hybridized carbons (Fsp3) is 0.294. The fourth-order valence-electron chi connectivity index (χ4n) is 1.52. The Morgan fingerprint density at radius 3 is 2.19 bits per heavy atom. The van der Waals surface area contributed by atoms with E-state index in [4.69, 9.17) is 5.11 Å². The first-order chi connectivity index (χ1) is 10.3. The van der Waals surface area contributed by atoms with Crippen LogP contribution in [0.1, 0.15) is 43.6 Å². The maximum absolute atomic E-state index is 11.0.